The Kier molecular flexibility index (Phi) is 6.51. The van der Waals surface area contributed by atoms with Gasteiger partial charge in [0.2, 0.25) is 0 Å². The van der Waals surface area contributed by atoms with Crippen LogP contribution in [0.5, 0.6) is 0 Å². The summed E-state index contributed by atoms with van der Waals surface area (Å²) in [5, 5.41) is 26.1. The smallest absolute Gasteiger partial charge is 0.151 e. The maximum absolute atomic E-state index is 9.20. The standard InChI is InChI=1S/C8H18O3/c1-2-4-7(9)5-3-6-8(10)11/h7-11H,2-6H2,1H3. The highest BCUT2D eigenvalue weighted by molar-refractivity contribution is 4.54. The normalized spacial score (nSPS) is 13.9. The van der Waals surface area contributed by atoms with E-state index >= 15 is 0 Å². The van der Waals surface area contributed by atoms with Crippen molar-refractivity contribution in [1.29, 1.82) is 0 Å². The molecule has 0 rings (SSSR count). The Bertz CT molecular complexity index is 83.4. The molecule has 0 saturated carbocycles. The Morgan fingerprint density at radius 1 is 1.00 bits per heavy atom. The van der Waals surface area contributed by atoms with Crippen LogP contribution in [-0.2, 0) is 0 Å². The molecule has 0 bridgehead atoms. The molecular formula is C8H18O3. The number of aliphatic hydroxyl groups is 3. The van der Waals surface area contributed by atoms with E-state index in [1.54, 1.807) is 0 Å². The Labute approximate surface area is 67.7 Å². The van der Waals surface area contributed by atoms with E-state index in [2.05, 4.69) is 0 Å². The largest absolute Gasteiger partial charge is 0.393 e. The summed E-state index contributed by atoms with van der Waals surface area (Å²) in [7, 11) is 0. The molecule has 0 radical (unpaired) electrons. The van der Waals surface area contributed by atoms with Gasteiger partial charge in [-0.15, -0.1) is 0 Å². The zero-order valence-corrected chi connectivity index (χ0v) is 7.03. The molecule has 1 unspecified atom stereocenters. The average molecular weight is 162 g/mol. The summed E-state index contributed by atoms with van der Waals surface area (Å²) in [5.74, 6) is 0. The van der Waals surface area contributed by atoms with Gasteiger partial charge in [0.25, 0.3) is 0 Å². The Balaban J connectivity index is 3.10. The van der Waals surface area contributed by atoms with Crippen molar-refractivity contribution >= 4 is 0 Å². The molecule has 0 aromatic heterocycles. The molecule has 3 nitrogen and oxygen atoms in total. The molecule has 0 heterocycles. The predicted molar refractivity (Wildman–Crippen MR) is 43.0 cm³/mol. The van der Waals surface area contributed by atoms with Crippen LogP contribution in [0.3, 0.4) is 0 Å². The summed E-state index contributed by atoms with van der Waals surface area (Å²) >= 11 is 0. The monoisotopic (exact) mass is 162 g/mol. The van der Waals surface area contributed by atoms with Crippen LogP contribution in [-0.4, -0.2) is 27.7 Å². The first kappa shape index (κ1) is 10.9. The van der Waals surface area contributed by atoms with Gasteiger partial charge in [0, 0.05) is 0 Å². The highest BCUT2D eigenvalue weighted by Crippen LogP contribution is 2.07. The van der Waals surface area contributed by atoms with Gasteiger partial charge in [0.15, 0.2) is 6.29 Å². The number of aliphatic hydroxyl groups excluding tert-OH is 2. The van der Waals surface area contributed by atoms with Gasteiger partial charge in [-0.1, -0.05) is 13.3 Å². The van der Waals surface area contributed by atoms with Crippen LogP contribution in [0.15, 0.2) is 0 Å². The van der Waals surface area contributed by atoms with E-state index in [4.69, 9.17) is 10.2 Å². The second kappa shape index (κ2) is 6.58. The highest BCUT2D eigenvalue weighted by atomic mass is 16.5. The minimum Gasteiger partial charge on any atom is -0.393 e. The van der Waals surface area contributed by atoms with Crippen LogP contribution in [0, 0.1) is 0 Å². The Morgan fingerprint density at radius 3 is 2.09 bits per heavy atom. The third-order valence-corrected chi connectivity index (χ3v) is 1.62. The van der Waals surface area contributed by atoms with E-state index in [-0.39, 0.29) is 6.10 Å². The van der Waals surface area contributed by atoms with Crippen molar-refractivity contribution in [3.8, 4) is 0 Å². The number of hydrogen-bond acceptors (Lipinski definition) is 3. The Morgan fingerprint density at radius 2 is 1.64 bits per heavy atom. The minimum absolute atomic E-state index is 0.265. The molecule has 0 aliphatic carbocycles. The molecule has 11 heavy (non-hydrogen) atoms. The molecule has 0 aliphatic heterocycles. The summed E-state index contributed by atoms with van der Waals surface area (Å²) in [6.45, 7) is 2.02. The second-order valence-electron chi connectivity index (χ2n) is 2.85. The molecule has 68 valence electrons. The molecule has 1 atom stereocenters. The van der Waals surface area contributed by atoms with Crippen molar-refractivity contribution in [2.45, 2.75) is 51.4 Å². The van der Waals surface area contributed by atoms with Crippen molar-refractivity contribution in [2.75, 3.05) is 0 Å². The van der Waals surface area contributed by atoms with Crippen LogP contribution < -0.4 is 0 Å². The van der Waals surface area contributed by atoms with Crippen LogP contribution in [0.2, 0.25) is 0 Å². The molecule has 0 amide bonds. The van der Waals surface area contributed by atoms with Crippen LogP contribution >= 0.6 is 0 Å². The Hall–Kier alpha value is -0.120. The SMILES string of the molecule is CCCC(O)CCCC(O)O. The third-order valence-electron chi connectivity index (χ3n) is 1.62. The number of rotatable bonds is 6. The molecule has 0 aromatic carbocycles. The van der Waals surface area contributed by atoms with Crippen LogP contribution in [0.4, 0.5) is 0 Å². The maximum Gasteiger partial charge on any atom is 0.151 e. The lowest BCUT2D eigenvalue weighted by Crippen LogP contribution is -2.09. The molecule has 3 heteroatoms. The van der Waals surface area contributed by atoms with E-state index in [0.717, 1.165) is 12.8 Å². The number of hydrogen-bond donors (Lipinski definition) is 3. The molecule has 0 saturated heterocycles. The topological polar surface area (TPSA) is 60.7 Å². The van der Waals surface area contributed by atoms with Crippen molar-refractivity contribution < 1.29 is 15.3 Å². The van der Waals surface area contributed by atoms with Gasteiger partial charge in [-0.05, 0) is 25.7 Å². The van der Waals surface area contributed by atoms with E-state index in [0.29, 0.717) is 19.3 Å². The zero-order valence-electron chi connectivity index (χ0n) is 7.03. The van der Waals surface area contributed by atoms with Gasteiger partial charge in [-0.3, -0.25) is 0 Å². The van der Waals surface area contributed by atoms with Crippen molar-refractivity contribution in [3.05, 3.63) is 0 Å². The van der Waals surface area contributed by atoms with E-state index < -0.39 is 6.29 Å². The fourth-order valence-corrected chi connectivity index (χ4v) is 1.01. The first-order chi connectivity index (χ1) is 5.16. The maximum atomic E-state index is 9.20. The van der Waals surface area contributed by atoms with Gasteiger partial charge in [-0.25, -0.2) is 0 Å². The lowest BCUT2D eigenvalue weighted by Gasteiger charge is -2.08. The first-order valence-electron chi connectivity index (χ1n) is 4.21. The first-order valence-corrected chi connectivity index (χ1v) is 4.21. The van der Waals surface area contributed by atoms with Gasteiger partial charge >= 0.3 is 0 Å². The molecule has 0 fully saturated rings. The van der Waals surface area contributed by atoms with Crippen molar-refractivity contribution in [3.63, 3.8) is 0 Å². The quantitative estimate of drug-likeness (QED) is 0.502. The fourth-order valence-electron chi connectivity index (χ4n) is 1.01. The summed E-state index contributed by atoms with van der Waals surface area (Å²) in [5.41, 5.74) is 0. The molecule has 0 spiro atoms. The van der Waals surface area contributed by atoms with Crippen molar-refractivity contribution in [1.82, 2.24) is 0 Å². The highest BCUT2D eigenvalue weighted by Gasteiger charge is 2.03. The van der Waals surface area contributed by atoms with E-state index in [1.807, 2.05) is 6.92 Å². The predicted octanol–water partition coefficient (Wildman–Crippen LogP) is 0.628. The lowest BCUT2D eigenvalue weighted by atomic mass is 10.1. The van der Waals surface area contributed by atoms with Gasteiger partial charge in [0.1, 0.15) is 0 Å². The van der Waals surface area contributed by atoms with E-state index in [1.165, 1.54) is 0 Å². The van der Waals surface area contributed by atoms with E-state index in [9.17, 15) is 5.11 Å². The minimum atomic E-state index is -1.22. The summed E-state index contributed by atoms with van der Waals surface area (Å²) in [6.07, 6.45) is 2.01. The lowest BCUT2D eigenvalue weighted by molar-refractivity contribution is -0.0481. The van der Waals surface area contributed by atoms with Crippen molar-refractivity contribution in [2.24, 2.45) is 0 Å². The third kappa shape index (κ3) is 7.78. The van der Waals surface area contributed by atoms with Crippen LogP contribution in [0.25, 0.3) is 0 Å². The van der Waals surface area contributed by atoms with Gasteiger partial charge in [-0.2, -0.15) is 0 Å². The molecular weight excluding hydrogens is 144 g/mol. The average Bonchev–Trinajstić information content (AvgIpc) is 1.87. The van der Waals surface area contributed by atoms with Crippen LogP contribution in [0.1, 0.15) is 39.0 Å². The summed E-state index contributed by atoms with van der Waals surface area (Å²) in [6, 6.07) is 0. The summed E-state index contributed by atoms with van der Waals surface area (Å²) in [4.78, 5) is 0. The molecule has 0 aromatic rings. The fraction of sp³-hybridized carbons (Fsp3) is 1.00. The zero-order chi connectivity index (χ0) is 8.69. The molecule has 3 N–H and O–H groups in total. The van der Waals surface area contributed by atoms with Gasteiger partial charge in [0.05, 0.1) is 6.10 Å². The second-order valence-corrected chi connectivity index (χ2v) is 2.85. The molecule has 0 aliphatic rings. The summed E-state index contributed by atoms with van der Waals surface area (Å²) < 4.78 is 0. The van der Waals surface area contributed by atoms with Gasteiger partial charge < -0.3 is 15.3 Å².